The van der Waals surface area contributed by atoms with Gasteiger partial charge in [-0.3, -0.25) is 0 Å². The molecule has 2 nitrogen and oxygen atoms in total. The summed E-state index contributed by atoms with van der Waals surface area (Å²) in [7, 11) is 0. The van der Waals surface area contributed by atoms with Crippen LogP contribution >= 0.6 is 0 Å². The van der Waals surface area contributed by atoms with Crippen molar-refractivity contribution >= 4 is 55.7 Å². The first-order chi connectivity index (χ1) is 37.5. The highest BCUT2D eigenvalue weighted by molar-refractivity contribution is 6.06. The number of anilines is 6. The van der Waals surface area contributed by atoms with E-state index in [9.17, 15) is 0 Å². The Kier molecular flexibility index (Phi) is 10.4. The zero-order valence-electron chi connectivity index (χ0n) is 45.4. The molecule has 0 aromatic heterocycles. The lowest BCUT2D eigenvalue weighted by Gasteiger charge is -2.35. The molecule has 0 N–H and O–H groups in total. The number of rotatable bonds is 6. The number of fused-ring (bicyclic) bond motifs is 16. The summed E-state index contributed by atoms with van der Waals surface area (Å²) in [5.41, 5.74) is 18.1. The molecule has 14 rings (SSSR count). The largest absolute Gasteiger partial charge is 0.310 e. The van der Waals surface area contributed by atoms with Crippen molar-refractivity contribution < 1.29 is 8.78 Å². The van der Waals surface area contributed by atoms with E-state index in [0.717, 1.165) is 89.4 Å². The summed E-state index contributed by atoms with van der Waals surface area (Å²) in [6, 6.07) is 77.5. The van der Waals surface area contributed by atoms with Crippen molar-refractivity contribution in [1.29, 1.82) is 0 Å². The first kappa shape index (κ1) is 47.8. The molecule has 3 aliphatic carbocycles. The average Bonchev–Trinajstić information content (AvgIpc) is 2.35. The summed E-state index contributed by atoms with van der Waals surface area (Å²) >= 11 is 0. The molecule has 0 saturated heterocycles. The molecular weight excluding hydrogens is 955 g/mol. The zero-order valence-corrected chi connectivity index (χ0v) is 45.4. The highest BCUT2D eigenvalue weighted by atomic mass is 19.1. The second kappa shape index (κ2) is 16.9. The van der Waals surface area contributed by atoms with Gasteiger partial charge in [0.1, 0.15) is 11.6 Å². The summed E-state index contributed by atoms with van der Waals surface area (Å²) in [6.07, 6.45) is 0. The fourth-order valence-corrected chi connectivity index (χ4v) is 13.7. The minimum Gasteiger partial charge on any atom is -0.310 e. The molecule has 380 valence electrons. The van der Waals surface area contributed by atoms with Gasteiger partial charge in [-0.1, -0.05) is 195 Å². The maximum absolute atomic E-state index is 16.9. The molecular formula is C74H60F2N2. The fraction of sp³-hybridized carbons (Fsp3) is 0.162. The number of hydrogen-bond acceptors (Lipinski definition) is 2. The predicted molar refractivity (Wildman–Crippen MR) is 322 cm³/mol. The quantitative estimate of drug-likeness (QED) is 0.164. The van der Waals surface area contributed by atoms with Gasteiger partial charge < -0.3 is 9.80 Å². The average molecular weight is 1020 g/mol. The normalized spacial score (nSPS) is 14.2. The van der Waals surface area contributed by atoms with Crippen molar-refractivity contribution in [3.8, 4) is 33.4 Å². The minimum atomic E-state index is -1.04. The van der Waals surface area contributed by atoms with E-state index in [-0.39, 0.29) is 10.8 Å². The highest BCUT2D eigenvalue weighted by Crippen LogP contribution is 2.69. The fourth-order valence-electron chi connectivity index (χ4n) is 13.7. The Bertz CT molecular complexity index is 4230. The first-order valence-electron chi connectivity index (χ1n) is 27.4. The van der Waals surface area contributed by atoms with Crippen LogP contribution in [0.15, 0.2) is 218 Å². The van der Waals surface area contributed by atoms with E-state index in [4.69, 9.17) is 0 Å². The van der Waals surface area contributed by atoms with Gasteiger partial charge in [-0.2, -0.15) is 0 Å². The standard InChI is InChI=1S/C74H60F2N2/c1-71(2,3)49-29-35-51(36-30-49)77(53-33-27-45-17-9-11-19-47(45)41-53)55-39-40-57-61(43-55)73(7,8)70-66-56-21-13-14-22-58(56)74(59-23-15-25-63(75)68(59)69-60(74)24-16-26-64(69)76)62(66)44-65(67(57)70)78(52-37-31-50(32-38-52)72(4,5)6)54-34-28-46-18-10-12-20-48(46)42-54/h9-44H,1-8H3. The number of benzene rings is 11. The second-order valence-corrected chi connectivity index (χ2v) is 24.4. The molecule has 0 radical (unpaired) electrons. The van der Waals surface area contributed by atoms with Gasteiger partial charge in [0.2, 0.25) is 0 Å². The van der Waals surface area contributed by atoms with Gasteiger partial charge in [0, 0.05) is 50.5 Å². The topological polar surface area (TPSA) is 6.48 Å². The Morgan fingerprint density at radius 1 is 0.333 bits per heavy atom. The lowest BCUT2D eigenvalue weighted by molar-refractivity contribution is 0.590. The maximum atomic E-state index is 16.9. The van der Waals surface area contributed by atoms with Crippen LogP contribution in [0.25, 0.3) is 54.9 Å². The number of hydrogen-bond donors (Lipinski definition) is 0. The van der Waals surface area contributed by atoms with E-state index >= 15 is 8.78 Å². The summed E-state index contributed by atoms with van der Waals surface area (Å²) in [5.74, 6) is -0.854. The van der Waals surface area contributed by atoms with Crippen LogP contribution in [0.4, 0.5) is 42.9 Å². The van der Waals surface area contributed by atoms with Crippen molar-refractivity contribution in [2.24, 2.45) is 0 Å². The van der Waals surface area contributed by atoms with Crippen molar-refractivity contribution in [1.82, 2.24) is 0 Å². The molecule has 0 amide bonds. The van der Waals surface area contributed by atoms with Crippen LogP contribution in [0.5, 0.6) is 0 Å². The van der Waals surface area contributed by atoms with Crippen LogP contribution in [-0.4, -0.2) is 0 Å². The van der Waals surface area contributed by atoms with Gasteiger partial charge in [-0.25, -0.2) is 8.78 Å². The monoisotopic (exact) mass is 1010 g/mol. The van der Waals surface area contributed by atoms with Crippen LogP contribution in [0.1, 0.15) is 99.9 Å². The SMILES string of the molecule is CC(C)(C)c1ccc(N(c2ccc3c(c2)C(C)(C)c2c-3c(N(c3ccc(C(C)(C)C)cc3)c3ccc4ccccc4c3)cc3c2-c2ccccc2C32c3cccc(F)c3-c3c(F)cccc32)c2ccc3ccccc3c2)cc1. The van der Waals surface area contributed by atoms with Crippen LogP contribution in [0.2, 0.25) is 0 Å². The number of nitrogens with zero attached hydrogens (tertiary/aromatic N) is 2. The van der Waals surface area contributed by atoms with Gasteiger partial charge in [0.05, 0.1) is 11.1 Å². The second-order valence-electron chi connectivity index (χ2n) is 24.4. The van der Waals surface area contributed by atoms with Crippen molar-refractivity contribution in [2.75, 3.05) is 9.80 Å². The van der Waals surface area contributed by atoms with E-state index < -0.39 is 22.5 Å². The Balaban J connectivity index is 1.09. The summed E-state index contributed by atoms with van der Waals surface area (Å²) in [6.45, 7) is 18.3. The Morgan fingerprint density at radius 2 is 0.769 bits per heavy atom. The summed E-state index contributed by atoms with van der Waals surface area (Å²) in [4.78, 5) is 4.85. The van der Waals surface area contributed by atoms with Crippen LogP contribution in [0.3, 0.4) is 0 Å². The third-order valence-corrected chi connectivity index (χ3v) is 17.4. The van der Waals surface area contributed by atoms with Crippen molar-refractivity contribution in [3.63, 3.8) is 0 Å². The Hall–Kier alpha value is -8.60. The maximum Gasteiger partial charge on any atom is 0.131 e. The molecule has 0 saturated carbocycles. The van der Waals surface area contributed by atoms with Gasteiger partial charge >= 0.3 is 0 Å². The molecule has 11 aromatic rings. The Labute approximate surface area is 456 Å². The minimum absolute atomic E-state index is 0.00874. The highest BCUT2D eigenvalue weighted by Gasteiger charge is 2.56. The smallest absolute Gasteiger partial charge is 0.131 e. The Morgan fingerprint density at radius 3 is 1.32 bits per heavy atom. The molecule has 78 heavy (non-hydrogen) atoms. The molecule has 1 spiro atoms. The van der Waals surface area contributed by atoms with Gasteiger partial charge in [0.25, 0.3) is 0 Å². The van der Waals surface area contributed by atoms with Gasteiger partial charge in [-0.05, 0) is 172 Å². The van der Waals surface area contributed by atoms with Gasteiger partial charge in [-0.15, -0.1) is 0 Å². The van der Waals surface area contributed by atoms with Crippen molar-refractivity contribution in [2.45, 2.75) is 77.0 Å². The van der Waals surface area contributed by atoms with E-state index in [1.807, 2.05) is 12.1 Å². The third kappa shape index (κ3) is 6.91. The van der Waals surface area contributed by atoms with Crippen LogP contribution in [0, 0.1) is 11.6 Å². The lowest BCUT2D eigenvalue weighted by atomic mass is 9.69. The van der Waals surface area contributed by atoms with Crippen molar-refractivity contribution in [3.05, 3.63) is 275 Å². The van der Waals surface area contributed by atoms with E-state index in [0.29, 0.717) is 11.1 Å². The van der Waals surface area contributed by atoms with Crippen LogP contribution in [-0.2, 0) is 21.7 Å². The van der Waals surface area contributed by atoms with E-state index in [2.05, 4.69) is 247 Å². The number of halogens is 2. The zero-order chi connectivity index (χ0) is 53.6. The molecule has 0 heterocycles. The predicted octanol–water partition coefficient (Wildman–Crippen LogP) is 20.5. The molecule has 0 bridgehead atoms. The molecule has 0 aliphatic heterocycles. The van der Waals surface area contributed by atoms with Gasteiger partial charge in [0.15, 0.2) is 0 Å². The molecule has 0 fully saturated rings. The molecule has 4 heteroatoms. The molecule has 0 unspecified atom stereocenters. The van der Waals surface area contributed by atoms with E-state index in [1.165, 1.54) is 45.2 Å². The van der Waals surface area contributed by atoms with Crippen LogP contribution < -0.4 is 9.80 Å². The molecule has 0 atom stereocenters. The third-order valence-electron chi connectivity index (χ3n) is 17.4. The summed E-state index contributed by atoms with van der Waals surface area (Å²) in [5, 5.41) is 4.65. The molecule has 11 aromatic carbocycles. The molecule has 3 aliphatic rings. The lowest BCUT2D eigenvalue weighted by Crippen LogP contribution is -2.27. The summed E-state index contributed by atoms with van der Waals surface area (Å²) < 4.78 is 33.7. The first-order valence-corrected chi connectivity index (χ1v) is 27.4. The van der Waals surface area contributed by atoms with E-state index in [1.54, 1.807) is 12.1 Å².